The molecule has 2 N–H and O–H groups in total. The molecular formula is C10H18N2O3S. The maximum atomic E-state index is 5.46. The van der Waals surface area contributed by atoms with E-state index in [2.05, 4.69) is 4.98 Å². The summed E-state index contributed by atoms with van der Waals surface area (Å²) < 4.78 is 15.5. The number of aromatic nitrogens is 1. The van der Waals surface area contributed by atoms with E-state index in [0.29, 0.717) is 39.6 Å². The van der Waals surface area contributed by atoms with Crippen molar-refractivity contribution in [2.24, 2.45) is 5.73 Å². The standard InChI is InChI=1S/C10H18N2O3S/c1-13-2-3-14-4-5-15-7-9-8-16-10(6-11)12-9/h8H,2-7,11H2,1H3. The summed E-state index contributed by atoms with van der Waals surface area (Å²) in [5.41, 5.74) is 6.39. The molecule has 0 radical (unpaired) electrons. The average Bonchev–Trinajstić information content (AvgIpc) is 2.76. The van der Waals surface area contributed by atoms with Crippen molar-refractivity contribution in [1.82, 2.24) is 4.98 Å². The lowest BCUT2D eigenvalue weighted by Gasteiger charge is -2.03. The molecule has 0 bridgehead atoms. The van der Waals surface area contributed by atoms with Gasteiger partial charge < -0.3 is 19.9 Å². The Kier molecular flexibility index (Phi) is 7.28. The fraction of sp³-hybridized carbons (Fsp3) is 0.700. The summed E-state index contributed by atoms with van der Waals surface area (Å²) in [5.74, 6) is 0. The van der Waals surface area contributed by atoms with Crippen molar-refractivity contribution in [3.05, 3.63) is 16.1 Å². The van der Waals surface area contributed by atoms with Crippen molar-refractivity contribution >= 4 is 11.3 Å². The number of methoxy groups -OCH3 is 1. The topological polar surface area (TPSA) is 66.6 Å². The molecule has 0 amide bonds. The van der Waals surface area contributed by atoms with E-state index < -0.39 is 0 Å². The monoisotopic (exact) mass is 246 g/mol. The number of nitrogens with two attached hydrogens (primary N) is 1. The summed E-state index contributed by atoms with van der Waals surface area (Å²) in [6.07, 6.45) is 0. The Morgan fingerprint density at radius 3 is 2.69 bits per heavy atom. The predicted octanol–water partition coefficient (Wildman–Crippen LogP) is 0.781. The average molecular weight is 246 g/mol. The summed E-state index contributed by atoms with van der Waals surface area (Å²) >= 11 is 1.56. The Bertz CT molecular complexity index is 281. The van der Waals surface area contributed by atoms with Crippen molar-refractivity contribution in [2.75, 3.05) is 33.5 Å². The number of hydrogen-bond donors (Lipinski definition) is 1. The van der Waals surface area contributed by atoms with Crippen molar-refractivity contribution in [2.45, 2.75) is 13.2 Å². The molecule has 92 valence electrons. The van der Waals surface area contributed by atoms with Gasteiger partial charge >= 0.3 is 0 Å². The molecule has 6 heteroatoms. The third-order valence-electron chi connectivity index (χ3n) is 1.83. The number of nitrogens with zero attached hydrogens (tertiary/aromatic N) is 1. The van der Waals surface area contributed by atoms with Gasteiger partial charge in [-0.25, -0.2) is 4.98 Å². The van der Waals surface area contributed by atoms with Gasteiger partial charge in [-0.15, -0.1) is 11.3 Å². The van der Waals surface area contributed by atoms with Gasteiger partial charge in [0.15, 0.2) is 0 Å². The van der Waals surface area contributed by atoms with Gasteiger partial charge in [0.05, 0.1) is 38.7 Å². The summed E-state index contributed by atoms with van der Waals surface area (Å²) in [6, 6.07) is 0. The fourth-order valence-electron chi connectivity index (χ4n) is 1.05. The van der Waals surface area contributed by atoms with Crippen LogP contribution in [0.15, 0.2) is 5.38 Å². The smallest absolute Gasteiger partial charge is 0.107 e. The lowest BCUT2D eigenvalue weighted by Crippen LogP contribution is -2.08. The first-order valence-electron chi connectivity index (χ1n) is 5.14. The van der Waals surface area contributed by atoms with Crippen LogP contribution >= 0.6 is 11.3 Å². The SMILES string of the molecule is COCCOCCOCc1csc(CN)n1. The van der Waals surface area contributed by atoms with Crippen molar-refractivity contribution in [3.8, 4) is 0 Å². The molecule has 1 heterocycles. The van der Waals surface area contributed by atoms with Crippen LogP contribution in [-0.2, 0) is 27.4 Å². The van der Waals surface area contributed by atoms with Crippen LogP contribution in [0.3, 0.4) is 0 Å². The Morgan fingerprint density at radius 1 is 1.25 bits per heavy atom. The van der Waals surface area contributed by atoms with E-state index >= 15 is 0 Å². The molecule has 1 rings (SSSR count). The van der Waals surface area contributed by atoms with Crippen LogP contribution in [-0.4, -0.2) is 38.5 Å². The zero-order valence-electron chi connectivity index (χ0n) is 9.48. The quantitative estimate of drug-likeness (QED) is 0.652. The van der Waals surface area contributed by atoms with Gasteiger partial charge in [0.2, 0.25) is 0 Å². The number of thiazole rings is 1. The van der Waals surface area contributed by atoms with Crippen LogP contribution in [0.1, 0.15) is 10.7 Å². The largest absolute Gasteiger partial charge is 0.382 e. The molecule has 0 spiro atoms. The van der Waals surface area contributed by atoms with Crippen molar-refractivity contribution < 1.29 is 14.2 Å². The second-order valence-electron chi connectivity index (χ2n) is 3.09. The first kappa shape index (κ1) is 13.5. The minimum atomic E-state index is 0.491. The summed E-state index contributed by atoms with van der Waals surface area (Å²) in [4.78, 5) is 4.28. The highest BCUT2D eigenvalue weighted by molar-refractivity contribution is 7.09. The molecule has 0 atom stereocenters. The van der Waals surface area contributed by atoms with Crippen LogP contribution in [0.5, 0.6) is 0 Å². The number of rotatable bonds is 9. The molecule has 0 aromatic carbocycles. The van der Waals surface area contributed by atoms with E-state index in [0.717, 1.165) is 10.7 Å². The van der Waals surface area contributed by atoms with Gasteiger partial charge in [-0.3, -0.25) is 0 Å². The van der Waals surface area contributed by atoms with E-state index in [1.54, 1.807) is 18.4 Å². The Balaban J connectivity index is 1.98. The molecule has 0 saturated heterocycles. The molecule has 1 aromatic rings. The fourth-order valence-corrected chi connectivity index (χ4v) is 1.71. The third-order valence-corrected chi connectivity index (χ3v) is 2.75. The maximum Gasteiger partial charge on any atom is 0.107 e. The van der Waals surface area contributed by atoms with Crippen LogP contribution in [0.4, 0.5) is 0 Å². The number of hydrogen-bond acceptors (Lipinski definition) is 6. The molecule has 0 aliphatic heterocycles. The van der Waals surface area contributed by atoms with E-state index in [1.807, 2.05) is 5.38 Å². The summed E-state index contributed by atoms with van der Waals surface area (Å²) in [7, 11) is 1.65. The second-order valence-corrected chi connectivity index (χ2v) is 4.04. The van der Waals surface area contributed by atoms with Gasteiger partial charge in [-0.2, -0.15) is 0 Å². The molecule has 0 aliphatic rings. The van der Waals surface area contributed by atoms with E-state index in [4.69, 9.17) is 19.9 Å². The molecular weight excluding hydrogens is 228 g/mol. The Hall–Kier alpha value is -0.530. The van der Waals surface area contributed by atoms with Crippen molar-refractivity contribution in [3.63, 3.8) is 0 Å². The predicted molar refractivity (Wildman–Crippen MR) is 62.4 cm³/mol. The van der Waals surface area contributed by atoms with Crippen molar-refractivity contribution in [1.29, 1.82) is 0 Å². The number of ether oxygens (including phenoxy) is 3. The van der Waals surface area contributed by atoms with Gasteiger partial charge in [0.25, 0.3) is 0 Å². The third kappa shape index (κ3) is 5.53. The molecule has 0 aliphatic carbocycles. The first-order chi connectivity index (χ1) is 7.86. The Labute approximate surface area is 99.5 Å². The minimum absolute atomic E-state index is 0.491. The molecule has 1 aromatic heterocycles. The molecule has 0 unspecified atom stereocenters. The maximum absolute atomic E-state index is 5.46. The van der Waals surface area contributed by atoms with Crippen LogP contribution in [0.25, 0.3) is 0 Å². The molecule has 0 saturated carbocycles. The highest BCUT2D eigenvalue weighted by Crippen LogP contribution is 2.09. The van der Waals surface area contributed by atoms with Gasteiger partial charge in [0.1, 0.15) is 5.01 Å². The molecule has 16 heavy (non-hydrogen) atoms. The van der Waals surface area contributed by atoms with Gasteiger partial charge in [-0.05, 0) is 0 Å². The van der Waals surface area contributed by atoms with Gasteiger partial charge in [0, 0.05) is 19.0 Å². The lowest BCUT2D eigenvalue weighted by atomic mass is 10.5. The summed E-state index contributed by atoms with van der Waals surface area (Å²) in [6.45, 7) is 3.38. The normalized spacial score (nSPS) is 10.9. The zero-order chi connectivity index (χ0) is 11.6. The zero-order valence-corrected chi connectivity index (χ0v) is 10.3. The molecule has 5 nitrogen and oxygen atoms in total. The molecule has 0 fully saturated rings. The van der Waals surface area contributed by atoms with Crippen LogP contribution in [0.2, 0.25) is 0 Å². The van der Waals surface area contributed by atoms with Gasteiger partial charge in [-0.1, -0.05) is 0 Å². The first-order valence-corrected chi connectivity index (χ1v) is 6.02. The second kappa shape index (κ2) is 8.60. The van der Waals surface area contributed by atoms with E-state index in [-0.39, 0.29) is 0 Å². The highest BCUT2D eigenvalue weighted by Gasteiger charge is 1.99. The lowest BCUT2D eigenvalue weighted by molar-refractivity contribution is 0.0193. The summed E-state index contributed by atoms with van der Waals surface area (Å²) in [5, 5.41) is 2.91. The Morgan fingerprint density at radius 2 is 2.00 bits per heavy atom. The van der Waals surface area contributed by atoms with E-state index in [9.17, 15) is 0 Å². The highest BCUT2D eigenvalue weighted by atomic mass is 32.1. The van der Waals surface area contributed by atoms with Crippen LogP contribution in [0, 0.1) is 0 Å². The van der Waals surface area contributed by atoms with Crippen LogP contribution < -0.4 is 5.73 Å². The minimum Gasteiger partial charge on any atom is -0.382 e. The van der Waals surface area contributed by atoms with E-state index in [1.165, 1.54) is 0 Å².